The first-order valence-electron chi connectivity index (χ1n) is 8.10. The first-order valence-corrected chi connectivity index (χ1v) is 9.92. The third-order valence-corrected chi connectivity index (χ3v) is 6.49. The molecule has 0 bridgehead atoms. The van der Waals surface area contributed by atoms with Crippen molar-refractivity contribution < 1.29 is 13.2 Å². The van der Waals surface area contributed by atoms with E-state index >= 15 is 0 Å². The van der Waals surface area contributed by atoms with Gasteiger partial charge in [0, 0.05) is 37.7 Å². The van der Waals surface area contributed by atoms with E-state index in [0.29, 0.717) is 31.2 Å². The van der Waals surface area contributed by atoms with Gasteiger partial charge in [0.1, 0.15) is 5.75 Å². The van der Waals surface area contributed by atoms with Crippen LogP contribution in [-0.4, -0.2) is 50.9 Å². The fourth-order valence-corrected chi connectivity index (χ4v) is 4.46. The summed E-state index contributed by atoms with van der Waals surface area (Å²) in [4.78, 5) is 2.54. The molecule has 1 heterocycles. The molecule has 1 saturated heterocycles. The first-order chi connectivity index (χ1) is 12.0. The van der Waals surface area contributed by atoms with Gasteiger partial charge in [0.05, 0.1) is 12.0 Å². The predicted octanol–water partition coefficient (Wildman–Crippen LogP) is 2.86. The maximum Gasteiger partial charge on any atom is 0.243 e. The summed E-state index contributed by atoms with van der Waals surface area (Å²) >= 11 is 5.84. The molecule has 0 aromatic heterocycles. The summed E-state index contributed by atoms with van der Waals surface area (Å²) < 4.78 is 32.2. The minimum atomic E-state index is -3.46. The van der Waals surface area contributed by atoms with E-state index in [9.17, 15) is 8.42 Å². The molecule has 1 fully saturated rings. The fourth-order valence-electron chi connectivity index (χ4n) is 2.91. The van der Waals surface area contributed by atoms with Crippen LogP contribution in [-0.2, 0) is 16.6 Å². The zero-order valence-electron chi connectivity index (χ0n) is 14.1. The van der Waals surface area contributed by atoms with E-state index in [-0.39, 0.29) is 4.90 Å². The Morgan fingerprint density at radius 2 is 1.72 bits per heavy atom. The summed E-state index contributed by atoms with van der Waals surface area (Å²) in [6.07, 6.45) is 0. The minimum Gasteiger partial charge on any atom is -0.497 e. The highest BCUT2D eigenvalue weighted by Crippen LogP contribution is 2.21. The quantitative estimate of drug-likeness (QED) is 0.800. The third-order valence-electron chi connectivity index (χ3n) is 4.32. The van der Waals surface area contributed by atoms with Crippen molar-refractivity contribution in [3.63, 3.8) is 0 Å². The number of hydrogen-bond donors (Lipinski definition) is 0. The zero-order chi connectivity index (χ0) is 17.9. The molecule has 0 amide bonds. The Kier molecular flexibility index (Phi) is 5.64. The van der Waals surface area contributed by atoms with Crippen LogP contribution in [0.2, 0.25) is 5.02 Å². The molecule has 0 aliphatic carbocycles. The number of hydrogen-bond acceptors (Lipinski definition) is 4. The number of methoxy groups -OCH3 is 1. The van der Waals surface area contributed by atoms with E-state index in [1.165, 1.54) is 4.31 Å². The molecular formula is C18H21ClN2O3S. The van der Waals surface area contributed by atoms with Crippen molar-refractivity contribution in [3.8, 4) is 5.75 Å². The summed E-state index contributed by atoms with van der Waals surface area (Å²) in [6.45, 7) is 3.14. The number of nitrogens with zero attached hydrogens (tertiary/aromatic N) is 2. The van der Waals surface area contributed by atoms with Crippen molar-refractivity contribution in [2.45, 2.75) is 11.4 Å². The Bertz CT molecular complexity index is 816. The van der Waals surface area contributed by atoms with Crippen LogP contribution in [0.25, 0.3) is 0 Å². The first kappa shape index (κ1) is 18.2. The summed E-state index contributed by atoms with van der Waals surface area (Å²) in [5, 5.41) is 0.530. The van der Waals surface area contributed by atoms with Gasteiger partial charge in [-0.25, -0.2) is 8.42 Å². The second kappa shape index (κ2) is 7.74. The number of halogens is 1. The van der Waals surface area contributed by atoms with E-state index in [1.54, 1.807) is 31.4 Å². The number of benzene rings is 2. The molecule has 134 valence electrons. The number of rotatable bonds is 5. The Morgan fingerprint density at radius 3 is 2.36 bits per heavy atom. The lowest BCUT2D eigenvalue weighted by Gasteiger charge is -2.34. The van der Waals surface area contributed by atoms with E-state index in [2.05, 4.69) is 11.0 Å². The van der Waals surface area contributed by atoms with Crippen LogP contribution in [0, 0.1) is 0 Å². The molecule has 0 radical (unpaired) electrons. The standard InChI is InChI=1S/C18H21ClN2O3S/c1-24-17-4-2-3-15(13-17)14-20-9-11-21(12-10-20)25(22,23)18-7-5-16(19)6-8-18/h2-8,13H,9-12,14H2,1H3. The second-order valence-electron chi connectivity index (χ2n) is 5.99. The largest absolute Gasteiger partial charge is 0.497 e. The Hall–Kier alpha value is -1.60. The zero-order valence-corrected chi connectivity index (χ0v) is 15.6. The highest BCUT2D eigenvalue weighted by atomic mass is 35.5. The molecular weight excluding hydrogens is 360 g/mol. The van der Waals surface area contributed by atoms with Crippen molar-refractivity contribution >= 4 is 21.6 Å². The van der Waals surface area contributed by atoms with Gasteiger partial charge in [0.2, 0.25) is 10.0 Å². The average Bonchev–Trinajstić information content (AvgIpc) is 2.63. The molecule has 0 saturated carbocycles. The molecule has 3 rings (SSSR count). The van der Waals surface area contributed by atoms with Crippen molar-refractivity contribution in [2.24, 2.45) is 0 Å². The van der Waals surface area contributed by atoms with Gasteiger partial charge in [-0.15, -0.1) is 0 Å². The summed E-state index contributed by atoms with van der Waals surface area (Å²) in [5.74, 6) is 0.835. The SMILES string of the molecule is COc1cccc(CN2CCN(S(=O)(=O)c3ccc(Cl)cc3)CC2)c1. The summed E-state index contributed by atoms with van der Waals surface area (Å²) in [5.41, 5.74) is 1.16. The maximum atomic E-state index is 12.7. The number of ether oxygens (including phenoxy) is 1. The van der Waals surface area contributed by atoms with Crippen LogP contribution in [0.5, 0.6) is 5.75 Å². The highest BCUT2D eigenvalue weighted by molar-refractivity contribution is 7.89. The van der Waals surface area contributed by atoms with Gasteiger partial charge in [0.15, 0.2) is 0 Å². The van der Waals surface area contributed by atoms with Gasteiger partial charge in [-0.3, -0.25) is 4.90 Å². The highest BCUT2D eigenvalue weighted by Gasteiger charge is 2.28. The molecule has 0 atom stereocenters. The summed E-state index contributed by atoms with van der Waals surface area (Å²) in [6, 6.07) is 14.3. The summed E-state index contributed by atoms with van der Waals surface area (Å²) in [7, 11) is -1.81. The van der Waals surface area contributed by atoms with Gasteiger partial charge in [-0.05, 0) is 42.0 Å². The Labute approximate surface area is 153 Å². The number of piperazine rings is 1. The van der Waals surface area contributed by atoms with Gasteiger partial charge >= 0.3 is 0 Å². The van der Waals surface area contributed by atoms with Crippen LogP contribution in [0.4, 0.5) is 0 Å². The predicted molar refractivity (Wildman–Crippen MR) is 98.5 cm³/mol. The van der Waals surface area contributed by atoms with Crippen LogP contribution >= 0.6 is 11.6 Å². The molecule has 1 aliphatic rings. The molecule has 2 aromatic rings. The molecule has 7 heteroatoms. The van der Waals surface area contributed by atoms with E-state index in [4.69, 9.17) is 16.3 Å². The monoisotopic (exact) mass is 380 g/mol. The van der Waals surface area contributed by atoms with Crippen LogP contribution in [0.15, 0.2) is 53.4 Å². The van der Waals surface area contributed by atoms with Crippen LogP contribution < -0.4 is 4.74 Å². The van der Waals surface area contributed by atoms with Crippen molar-refractivity contribution in [2.75, 3.05) is 33.3 Å². The molecule has 0 unspecified atom stereocenters. The normalized spacial score (nSPS) is 16.7. The molecule has 0 N–H and O–H groups in total. The lowest BCUT2D eigenvalue weighted by molar-refractivity contribution is 0.181. The van der Waals surface area contributed by atoms with Crippen molar-refractivity contribution in [3.05, 3.63) is 59.1 Å². The third kappa shape index (κ3) is 4.33. The molecule has 1 aliphatic heterocycles. The second-order valence-corrected chi connectivity index (χ2v) is 8.36. The fraction of sp³-hybridized carbons (Fsp3) is 0.333. The molecule has 2 aromatic carbocycles. The average molecular weight is 381 g/mol. The lowest BCUT2D eigenvalue weighted by atomic mass is 10.2. The molecule has 25 heavy (non-hydrogen) atoms. The minimum absolute atomic E-state index is 0.290. The Morgan fingerprint density at radius 1 is 1.04 bits per heavy atom. The molecule has 5 nitrogen and oxygen atoms in total. The van der Waals surface area contributed by atoms with Gasteiger partial charge in [-0.2, -0.15) is 4.31 Å². The number of sulfonamides is 1. The van der Waals surface area contributed by atoms with Gasteiger partial charge in [0.25, 0.3) is 0 Å². The van der Waals surface area contributed by atoms with E-state index in [0.717, 1.165) is 17.9 Å². The van der Waals surface area contributed by atoms with Crippen molar-refractivity contribution in [1.29, 1.82) is 0 Å². The van der Waals surface area contributed by atoms with Gasteiger partial charge < -0.3 is 4.74 Å². The van der Waals surface area contributed by atoms with Crippen LogP contribution in [0.3, 0.4) is 0 Å². The lowest BCUT2D eigenvalue weighted by Crippen LogP contribution is -2.48. The van der Waals surface area contributed by atoms with E-state index in [1.807, 2.05) is 18.2 Å². The topological polar surface area (TPSA) is 49.9 Å². The Balaban J connectivity index is 1.62. The van der Waals surface area contributed by atoms with Crippen LogP contribution in [0.1, 0.15) is 5.56 Å². The smallest absolute Gasteiger partial charge is 0.243 e. The van der Waals surface area contributed by atoms with E-state index < -0.39 is 10.0 Å². The van der Waals surface area contributed by atoms with Crippen molar-refractivity contribution in [1.82, 2.24) is 9.21 Å². The molecule has 0 spiro atoms. The maximum absolute atomic E-state index is 12.7. The van der Waals surface area contributed by atoms with Gasteiger partial charge in [-0.1, -0.05) is 23.7 Å².